The highest BCUT2D eigenvalue weighted by Crippen LogP contribution is 2.11. The number of anilines is 1. The average molecular weight is 224 g/mol. The van der Waals surface area contributed by atoms with Gasteiger partial charge in [-0.3, -0.25) is 0 Å². The molecular weight excluding hydrogens is 208 g/mol. The van der Waals surface area contributed by atoms with Crippen molar-refractivity contribution in [3.8, 4) is 0 Å². The summed E-state index contributed by atoms with van der Waals surface area (Å²) in [6, 6.07) is 0.440. The highest BCUT2D eigenvalue weighted by atomic mass is 32.1. The highest BCUT2D eigenvalue weighted by molar-refractivity contribution is 7.80. The van der Waals surface area contributed by atoms with Crippen molar-refractivity contribution in [1.82, 2.24) is 9.97 Å². The molecule has 0 radical (unpaired) electrons. The van der Waals surface area contributed by atoms with Gasteiger partial charge in [0.15, 0.2) is 0 Å². The van der Waals surface area contributed by atoms with Crippen molar-refractivity contribution in [3.05, 3.63) is 18.1 Å². The molecule has 0 aliphatic heterocycles. The van der Waals surface area contributed by atoms with E-state index >= 15 is 0 Å². The van der Waals surface area contributed by atoms with E-state index in [2.05, 4.69) is 28.7 Å². The standard InChI is InChI=1S/C10H16N4S/c1-4-7(2)14(3)9-6-12-8(5-13-9)10(11)15/h5-7H,4H2,1-3H3,(H2,11,15). The average Bonchev–Trinajstić information content (AvgIpc) is 2.27. The Morgan fingerprint density at radius 3 is 2.60 bits per heavy atom. The van der Waals surface area contributed by atoms with Crippen LogP contribution >= 0.6 is 12.2 Å². The summed E-state index contributed by atoms with van der Waals surface area (Å²) in [7, 11) is 2.00. The van der Waals surface area contributed by atoms with E-state index in [9.17, 15) is 0 Å². The van der Waals surface area contributed by atoms with Crippen molar-refractivity contribution < 1.29 is 0 Å². The number of nitrogens with zero attached hydrogens (tertiary/aromatic N) is 3. The van der Waals surface area contributed by atoms with Crippen molar-refractivity contribution in [2.24, 2.45) is 5.73 Å². The Labute approximate surface area is 95.5 Å². The first-order valence-corrected chi connectivity index (χ1v) is 5.31. The fourth-order valence-corrected chi connectivity index (χ4v) is 1.24. The third-order valence-electron chi connectivity index (χ3n) is 2.50. The Morgan fingerprint density at radius 1 is 1.53 bits per heavy atom. The van der Waals surface area contributed by atoms with Crippen molar-refractivity contribution in [2.75, 3.05) is 11.9 Å². The third kappa shape index (κ3) is 2.86. The van der Waals surface area contributed by atoms with E-state index in [1.54, 1.807) is 12.4 Å². The van der Waals surface area contributed by atoms with Gasteiger partial charge in [-0.2, -0.15) is 0 Å². The molecular formula is C10H16N4S. The maximum atomic E-state index is 5.44. The zero-order valence-electron chi connectivity index (χ0n) is 9.27. The summed E-state index contributed by atoms with van der Waals surface area (Å²) in [6.07, 6.45) is 4.37. The van der Waals surface area contributed by atoms with Gasteiger partial charge < -0.3 is 10.6 Å². The zero-order valence-corrected chi connectivity index (χ0v) is 10.1. The molecule has 1 aromatic rings. The minimum Gasteiger partial charge on any atom is -0.388 e. The molecule has 0 saturated heterocycles. The normalized spacial score (nSPS) is 12.2. The molecule has 0 saturated carbocycles. The number of hydrogen-bond donors (Lipinski definition) is 1. The van der Waals surface area contributed by atoms with E-state index in [0.717, 1.165) is 12.2 Å². The smallest absolute Gasteiger partial charge is 0.147 e. The van der Waals surface area contributed by atoms with Gasteiger partial charge in [0.25, 0.3) is 0 Å². The Balaban J connectivity index is 2.84. The maximum Gasteiger partial charge on any atom is 0.147 e. The van der Waals surface area contributed by atoms with E-state index < -0.39 is 0 Å². The molecule has 0 spiro atoms. The van der Waals surface area contributed by atoms with Crippen molar-refractivity contribution in [3.63, 3.8) is 0 Å². The highest BCUT2D eigenvalue weighted by Gasteiger charge is 2.09. The lowest BCUT2D eigenvalue weighted by atomic mass is 10.2. The lowest BCUT2D eigenvalue weighted by Gasteiger charge is -2.24. The van der Waals surface area contributed by atoms with Gasteiger partial charge in [-0.1, -0.05) is 19.1 Å². The second kappa shape index (κ2) is 5.02. The summed E-state index contributed by atoms with van der Waals surface area (Å²) in [5.41, 5.74) is 6.00. The zero-order chi connectivity index (χ0) is 11.4. The first-order valence-electron chi connectivity index (χ1n) is 4.91. The number of thiocarbonyl (C=S) groups is 1. The van der Waals surface area contributed by atoms with Crippen LogP contribution in [0.25, 0.3) is 0 Å². The lowest BCUT2D eigenvalue weighted by Crippen LogP contribution is -2.29. The van der Waals surface area contributed by atoms with Gasteiger partial charge in [0.1, 0.15) is 16.5 Å². The van der Waals surface area contributed by atoms with Crippen LogP contribution < -0.4 is 10.6 Å². The molecule has 15 heavy (non-hydrogen) atoms. The van der Waals surface area contributed by atoms with Crippen LogP contribution in [0.2, 0.25) is 0 Å². The minimum atomic E-state index is 0.278. The molecule has 2 N–H and O–H groups in total. The van der Waals surface area contributed by atoms with Crippen molar-refractivity contribution in [1.29, 1.82) is 0 Å². The van der Waals surface area contributed by atoms with Gasteiger partial charge in [-0.05, 0) is 13.3 Å². The number of rotatable bonds is 4. The van der Waals surface area contributed by atoms with Crippen LogP contribution in [-0.4, -0.2) is 28.0 Å². The SMILES string of the molecule is CCC(C)N(C)c1cnc(C(N)=S)cn1. The fourth-order valence-electron chi connectivity index (χ4n) is 1.13. The van der Waals surface area contributed by atoms with Crippen LogP contribution in [0.3, 0.4) is 0 Å². The van der Waals surface area contributed by atoms with Gasteiger partial charge in [-0.25, -0.2) is 9.97 Å². The molecule has 1 heterocycles. The van der Waals surface area contributed by atoms with E-state index in [-0.39, 0.29) is 4.99 Å². The fraction of sp³-hybridized carbons (Fsp3) is 0.500. The Hall–Kier alpha value is -1.23. The first-order chi connectivity index (χ1) is 7.06. The van der Waals surface area contributed by atoms with Crippen LogP contribution in [0.4, 0.5) is 5.82 Å². The second-order valence-electron chi connectivity index (χ2n) is 3.49. The second-order valence-corrected chi connectivity index (χ2v) is 3.93. The van der Waals surface area contributed by atoms with Gasteiger partial charge in [0.2, 0.25) is 0 Å². The van der Waals surface area contributed by atoms with Gasteiger partial charge in [0.05, 0.1) is 12.4 Å². The number of hydrogen-bond acceptors (Lipinski definition) is 4. The molecule has 4 nitrogen and oxygen atoms in total. The first kappa shape index (κ1) is 11.8. The predicted molar refractivity (Wildman–Crippen MR) is 66.1 cm³/mol. The Kier molecular flexibility index (Phi) is 3.96. The van der Waals surface area contributed by atoms with Crippen LogP contribution in [0.5, 0.6) is 0 Å². The van der Waals surface area contributed by atoms with Crippen molar-refractivity contribution in [2.45, 2.75) is 26.3 Å². The summed E-state index contributed by atoms with van der Waals surface area (Å²) < 4.78 is 0. The van der Waals surface area contributed by atoms with Gasteiger partial charge >= 0.3 is 0 Å². The van der Waals surface area contributed by atoms with Crippen molar-refractivity contribution >= 4 is 23.0 Å². The molecule has 0 aromatic carbocycles. The molecule has 1 aromatic heterocycles. The largest absolute Gasteiger partial charge is 0.388 e. The predicted octanol–water partition coefficient (Wildman–Crippen LogP) is 1.35. The summed E-state index contributed by atoms with van der Waals surface area (Å²) in [5, 5.41) is 0. The lowest BCUT2D eigenvalue weighted by molar-refractivity contribution is 0.655. The van der Waals surface area contributed by atoms with Crippen LogP contribution in [0, 0.1) is 0 Å². The monoisotopic (exact) mass is 224 g/mol. The molecule has 5 heteroatoms. The van der Waals surface area contributed by atoms with E-state index in [1.807, 2.05) is 7.05 Å². The molecule has 0 bridgehead atoms. The number of nitrogens with two attached hydrogens (primary N) is 1. The molecule has 1 atom stereocenters. The van der Waals surface area contributed by atoms with Crippen LogP contribution in [0.15, 0.2) is 12.4 Å². The molecule has 0 aliphatic rings. The quantitative estimate of drug-likeness (QED) is 0.782. The molecule has 0 fully saturated rings. The molecule has 82 valence electrons. The molecule has 1 unspecified atom stereocenters. The Morgan fingerprint density at radius 2 is 2.20 bits per heavy atom. The van der Waals surface area contributed by atoms with E-state index in [1.165, 1.54) is 0 Å². The summed E-state index contributed by atoms with van der Waals surface area (Å²) >= 11 is 4.81. The van der Waals surface area contributed by atoms with Gasteiger partial charge in [-0.15, -0.1) is 0 Å². The van der Waals surface area contributed by atoms with E-state index in [4.69, 9.17) is 18.0 Å². The summed E-state index contributed by atoms with van der Waals surface area (Å²) in [6.45, 7) is 4.28. The van der Waals surface area contributed by atoms with E-state index in [0.29, 0.717) is 11.7 Å². The Bertz CT molecular complexity index is 336. The summed E-state index contributed by atoms with van der Waals surface area (Å²) in [4.78, 5) is 10.8. The molecule has 1 rings (SSSR count). The van der Waals surface area contributed by atoms with Crippen LogP contribution in [-0.2, 0) is 0 Å². The summed E-state index contributed by atoms with van der Waals surface area (Å²) in [5.74, 6) is 0.837. The third-order valence-corrected chi connectivity index (χ3v) is 2.71. The molecule has 0 amide bonds. The van der Waals surface area contributed by atoms with Crippen LogP contribution in [0.1, 0.15) is 26.0 Å². The topological polar surface area (TPSA) is 55.0 Å². The number of aromatic nitrogens is 2. The van der Waals surface area contributed by atoms with Gasteiger partial charge in [0, 0.05) is 13.1 Å². The molecule has 0 aliphatic carbocycles. The minimum absolute atomic E-state index is 0.278. The maximum absolute atomic E-state index is 5.44.